The van der Waals surface area contributed by atoms with Gasteiger partial charge in [-0.25, -0.2) is 0 Å². The lowest BCUT2D eigenvalue weighted by atomic mass is 10.3. The highest BCUT2D eigenvalue weighted by molar-refractivity contribution is 7.10. The Bertz CT molecular complexity index is 579. The molecule has 1 aromatic carbocycles. The van der Waals surface area contributed by atoms with E-state index in [0.717, 1.165) is 4.88 Å². The van der Waals surface area contributed by atoms with E-state index in [0.29, 0.717) is 15.7 Å². The van der Waals surface area contributed by atoms with Gasteiger partial charge in [0.1, 0.15) is 0 Å². The van der Waals surface area contributed by atoms with Crippen LogP contribution in [0.4, 0.5) is 5.69 Å². The van der Waals surface area contributed by atoms with Crippen LogP contribution in [0.2, 0.25) is 10.0 Å². The number of thiophene rings is 1. The molecule has 2 nitrogen and oxygen atoms in total. The minimum Gasteiger partial charge on any atom is -0.321 e. The molecule has 0 aliphatic heterocycles. The van der Waals surface area contributed by atoms with E-state index in [1.165, 1.54) is 6.08 Å². The maximum Gasteiger partial charge on any atom is 0.248 e. The van der Waals surface area contributed by atoms with Gasteiger partial charge in [0.25, 0.3) is 0 Å². The zero-order valence-corrected chi connectivity index (χ0v) is 11.5. The van der Waals surface area contributed by atoms with E-state index >= 15 is 0 Å². The molecule has 0 saturated carbocycles. The first-order valence-electron chi connectivity index (χ1n) is 5.13. The van der Waals surface area contributed by atoms with Crippen molar-refractivity contribution in [1.82, 2.24) is 0 Å². The van der Waals surface area contributed by atoms with Crippen molar-refractivity contribution in [3.8, 4) is 0 Å². The maximum absolute atomic E-state index is 11.7. The third-order valence-corrected chi connectivity index (χ3v) is 3.52. The van der Waals surface area contributed by atoms with Gasteiger partial charge in [0.05, 0.1) is 10.7 Å². The predicted octanol–water partition coefficient (Wildman–Crippen LogP) is 4.71. The highest BCUT2D eigenvalue weighted by Gasteiger charge is 2.03. The zero-order valence-electron chi connectivity index (χ0n) is 9.19. The Kier molecular flexibility index (Phi) is 4.42. The summed E-state index contributed by atoms with van der Waals surface area (Å²) in [4.78, 5) is 12.7. The van der Waals surface area contributed by atoms with Crippen molar-refractivity contribution in [3.63, 3.8) is 0 Å². The maximum atomic E-state index is 11.7. The molecule has 0 unspecified atom stereocenters. The average Bonchev–Trinajstić information content (AvgIpc) is 2.83. The molecule has 0 aliphatic rings. The first-order valence-corrected chi connectivity index (χ1v) is 6.76. The van der Waals surface area contributed by atoms with Gasteiger partial charge in [-0.3, -0.25) is 4.79 Å². The molecule has 0 spiro atoms. The molecule has 0 atom stereocenters. The van der Waals surface area contributed by atoms with Gasteiger partial charge in [-0.15, -0.1) is 11.3 Å². The topological polar surface area (TPSA) is 29.1 Å². The summed E-state index contributed by atoms with van der Waals surface area (Å²) >= 11 is 13.3. The molecule has 1 aromatic heterocycles. The van der Waals surface area contributed by atoms with E-state index in [9.17, 15) is 4.79 Å². The number of carbonyl (C=O) groups excluding carboxylic acids is 1. The summed E-state index contributed by atoms with van der Waals surface area (Å²) in [7, 11) is 0. The van der Waals surface area contributed by atoms with Crippen molar-refractivity contribution in [2.45, 2.75) is 0 Å². The fourth-order valence-corrected chi connectivity index (χ4v) is 2.38. The Morgan fingerprint density at radius 2 is 2.11 bits per heavy atom. The number of hydrogen-bond donors (Lipinski definition) is 1. The number of carbonyl (C=O) groups is 1. The number of anilines is 1. The standard InChI is InChI=1S/C13H9Cl2NOS/c14-9-3-5-12(11(15)8-9)16-13(17)6-4-10-2-1-7-18-10/h1-8H,(H,16,17)/b6-4+. The summed E-state index contributed by atoms with van der Waals surface area (Å²) in [5.74, 6) is -0.229. The molecule has 1 N–H and O–H groups in total. The summed E-state index contributed by atoms with van der Waals surface area (Å²) in [5.41, 5.74) is 0.543. The Hall–Kier alpha value is -1.29. The average molecular weight is 298 g/mol. The van der Waals surface area contributed by atoms with Crippen LogP contribution in [0.1, 0.15) is 4.88 Å². The normalized spacial score (nSPS) is 10.8. The molecule has 0 fully saturated rings. The van der Waals surface area contributed by atoms with Gasteiger partial charge in [0.2, 0.25) is 5.91 Å². The number of rotatable bonds is 3. The van der Waals surface area contributed by atoms with Crippen molar-refractivity contribution in [1.29, 1.82) is 0 Å². The van der Waals surface area contributed by atoms with Crippen LogP contribution >= 0.6 is 34.5 Å². The van der Waals surface area contributed by atoms with Gasteiger partial charge in [0, 0.05) is 16.0 Å². The lowest BCUT2D eigenvalue weighted by Gasteiger charge is -2.04. The summed E-state index contributed by atoms with van der Waals surface area (Å²) < 4.78 is 0. The summed E-state index contributed by atoms with van der Waals surface area (Å²) in [6.45, 7) is 0. The lowest BCUT2D eigenvalue weighted by Crippen LogP contribution is -2.07. The van der Waals surface area contributed by atoms with E-state index in [1.54, 1.807) is 35.6 Å². The van der Waals surface area contributed by atoms with Crippen molar-refractivity contribution < 1.29 is 4.79 Å². The highest BCUT2D eigenvalue weighted by Crippen LogP contribution is 2.25. The molecule has 1 amide bonds. The van der Waals surface area contributed by atoms with Gasteiger partial charge < -0.3 is 5.32 Å². The Morgan fingerprint density at radius 3 is 2.78 bits per heavy atom. The van der Waals surface area contributed by atoms with Crippen LogP contribution in [0, 0.1) is 0 Å². The van der Waals surface area contributed by atoms with Gasteiger partial charge >= 0.3 is 0 Å². The SMILES string of the molecule is O=C(/C=C/c1cccs1)Nc1ccc(Cl)cc1Cl. The second-order valence-electron chi connectivity index (χ2n) is 3.46. The van der Waals surface area contributed by atoms with E-state index in [-0.39, 0.29) is 5.91 Å². The zero-order chi connectivity index (χ0) is 13.0. The molecule has 5 heteroatoms. The quantitative estimate of drug-likeness (QED) is 0.817. The van der Waals surface area contributed by atoms with Crippen molar-refractivity contribution in [2.24, 2.45) is 0 Å². The number of nitrogens with one attached hydrogen (secondary N) is 1. The van der Waals surface area contributed by atoms with Gasteiger partial charge in [-0.2, -0.15) is 0 Å². The molecular formula is C13H9Cl2NOS. The fourth-order valence-electron chi connectivity index (χ4n) is 1.31. The second-order valence-corrected chi connectivity index (χ2v) is 5.29. The summed E-state index contributed by atoms with van der Waals surface area (Å²) in [5, 5.41) is 5.59. The number of amides is 1. The van der Waals surface area contributed by atoms with E-state index < -0.39 is 0 Å². The Labute approximate surface area is 119 Å². The first kappa shape index (κ1) is 13.1. The van der Waals surface area contributed by atoms with Crippen molar-refractivity contribution in [3.05, 3.63) is 56.7 Å². The molecule has 0 bridgehead atoms. The van der Waals surface area contributed by atoms with Gasteiger partial charge in [-0.05, 0) is 35.7 Å². The smallest absolute Gasteiger partial charge is 0.248 e. The van der Waals surface area contributed by atoms with Crippen LogP contribution in [-0.2, 0) is 4.79 Å². The Morgan fingerprint density at radius 1 is 1.28 bits per heavy atom. The molecule has 2 rings (SSSR count). The van der Waals surface area contributed by atoms with E-state index in [4.69, 9.17) is 23.2 Å². The van der Waals surface area contributed by atoms with Crippen LogP contribution in [0.15, 0.2) is 41.8 Å². The largest absolute Gasteiger partial charge is 0.321 e. The van der Waals surface area contributed by atoms with Crippen LogP contribution in [0.25, 0.3) is 6.08 Å². The van der Waals surface area contributed by atoms with Crippen molar-refractivity contribution >= 4 is 52.2 Å². The minimum atomic E-state index is -0.229. The molecule has 0 radical (unpaired) electrons. The second kappa shape index (κ2) is 6.05. The molecular weight excluding hydrogens is 289 g/mol. The van der Waals surface area contributed by atoms with Crippen molar-refractivity contribution in [2.75, 3.05) is 5.32 Å². The molecule has 1 heterocycles. The predicted molar refractivity (Wildman–Crippen MR) is 78.4 cm³/mol. The van der Waals surface area contributed by atoms with Crippen LogP contribution in [-0.4, -0.2) is 5.91 Å². The van der Waals surface area contributed by atoms with Gasteiger partial charge in [0.15, 0.2) is 0 Å². The number of halogens is 2. The molecule has 92 valence electrons. The lowest BCUT2D eigenvalue weighted by molar-refractivity contribution is -0.111. The summed E-state index contributed by atoms with van der Waals surface area (Å²) in [6, 6.07) is 8.79. The van der Waals surface area contributed by atoms with Crippen LogP contribution in [0.5, 0.6) is 0 Å². The molecule has 0 saturated heterocycles. The monoisotopic (exact) mass is 297 g/mol. The third kappa shape index (κ3) is 3.60. The number of hydrogen-bond acceptors (Lipinski definition) is 2. The fraction of sp³-hybridized carbons (Fsp3) is 0. The first-order chi connectivity index (χ1) is 8.65. The van der Waals surface area contributed by atoms with E-state index in [1.807, 2.05) is 17.5 Å². The number of benzene rings is 1. The van der Waals surface area contributed by atoms with E-state index in [2.05, 4.69) is 5.32 Å². The molecule has 18 heavy (non-hydrogen) atoms. The molecule has 2 aromatic rings. The third-order valence-electron chi connectivity index (χ3n) is 2.13. The Balaban J connectivity index is 2.03. The van der Waals surface area contributed by atoms with Gasteiger partial charge in [-0.1, -0.05) is 29.3 Å². The van der Waals surface area contributed by atoms with Crippen LogP contribution in [0.3, 0.4) is 0 Å². The molecule has 0 aliphatic carbocycles. The van der Waals surface area contributed by atoms with Crippen LogP contribution < -0.4 is 5.32 Å². The highest BCUT2D eigenvalue weighted by atomic mass is 35.5. The minimum absolute atomic E-state index is 0.229. The summed E-state index contributed by atoms with van der Waals surface area (Å²) in [6.07, 6.45) is 3.22.